The monoisotopic (exact) mass is 497 g/mol. The highest BCUT2D eigenvalue weighted by atomic mass is 32.2. The molecule has 3 rings (SSSR count). The molecule has 0 aliphatic carbocycles. The fourth-order valence-electron chi connectivity index (χ4n) is 3.32. The van der Waals surface area contributed by atoms with Crippen LogP contribution in [0.25, 0.3) is 0 Å². The first-order valence-corrected chi connectivity index (χ1v) is 13.0. The summed E-state index contributed by atoms with van der Waals surface area (Å²) in [5, 5.41) is 5.64. The van der Waals surface area contributed by atoms with Gasteiger partial charge in [0.1, 0.15) is 5.82 Å². The number of nitrogens with one attached hydrogen (secondary N) is 2. The molecule has 0 aromatic heterocycles. The molecular weight excluding hydrogens is 469 g/mol. The number of amides is 2. The van der Waals surface area contributed by atoms with E-state index in [-0.39, 0.29) is 18.5 Å². The molecule has 0 saturated carbocycles. The molecule has 2 N–H and O–H groups in total. The number of halogens is 1. The number of carbonyl (C=O) groups is 2. The Balaban J connectivity index is 1.79. The second-order valence-corrected chi connectivity index (χ2v) is 10.1. The first-order chi connectivity index (χ1) is 16.6. The number of benzene rings is 3. The van der Waals surface area contributed by atoms with Gasteiger partial charge < -0.3 is 10.6 Å². The van der Waals surface area contributed by atoms with E-state index in [0.717, 1.165) is 12.7 Å². The molecule has 0 saturated heterocycles. The van der Waals surface area contributed by atoms with Crippen molar-refractivity contribution >= 4 is 33.2 Å². The van der Waals surface area contributed by atoms with E-state index in [2.05, 4.69) is 10.6 Å². The molecule has 0 heterocycles. The molecule has 0 radical (unpaired) electrons. The summed E-state index contributed by atoms with van der Waals surface area (Å²) in [7, 11) is -3.64. The first kappa shape index (κ1) is 25.9. The Morgan fingerprint density at radius 3 is 2.17 bits per heavy atom. The fraction of sp³-hybridized carbons (Fsp3) is 0.231. The predicted molar refractivity (Wildman–Crippen MR) is 135 cm³/mol. The van der Waals surface area contributed by atoms with E-state index < -0.39 is 21.7 Å². The average molecular weight is 498 g/mol. The van der Waals surface area contributed by atoms with Crippen LogP contribution in [0.3, 0.4) is 0 Å². The van der Waals surface area contributed by atoms with Crippen LogP contribution in [-0.2, 0) is 16.6 Å². The minimum Gasteiger partial charge on any atom is -0.350 e. The summed E-state index contributed by atoms with van der Waals surface area (Å²) in [5.41, 5.74) is 1.99. The quantitative estimate of drug-likeness (QED) is 0.453. The summed E-state index contributed by atoms with van der Waals surface area (Å²) in [6.07, 6.45) is 1.86. The molecule has 0 spiro atoms. The van der Waals surface area contributed by atoms with E-state index in [4.69, 9.17) is 0 Å². The zero-order chi connectivity index (χ0) is 25.6. The van der Waals surface area contributed by atoms with E-state index in [0.29, 0.717) is 28.1 Å². The number of carbonyl (C=O) groups excluding carboxylic acids is 2. The van der Waals surface area contributed by atoms with Crippen molar-refractivity contribution < 1.29 is 22.4 Å². The lowest BCUT2D eigenvalue weighted by Crippen LogP contribution is -2.32. The van der Waals surface area contributed by atoms with E-state index >= 15 is 0 Å². The van der Waals surface area contributed by atoms with Crippen molar-refractivity contribution in [3.63, 3.8) is 0 Å². The molecule has 184 valence electrons. The Morgan fingerprint density at radius 2 is 1.57 bits per heavy atom. The maximum absolute atomic E-state index is 13.2. The zero-order valence-electron chi connectivity index (χ0n) is 19.8. The van der Waals surface area contributed by atoms with Gasteiger partial charge in [0.25, 0.3) is 11.8 Å². The van der Waals surface area contributed by atoms with Gasteiger partial charge in [-0.2, -0.15) is 0 Å². The summed E-state index contributed by atoms with van der Waals surface area (Å²) >= 11 is 0. The van der Waals surface area contributed by atoms with Crippen molar-refractivity contribution in [2.24, 2.45) is 0 Å². The van der Waals surface area contributed by atoms with Gasteiger partial charge in [-0.05, 0) is 67.4 Å². The summed E-state index contributed by atoms with van der Waals surface area (Å²) in [6, 6.07) is 18.4. The molecule has 2 amide bonds. The van der Waals surface area contributed by atoms with Crippen molar-refractivity contribution in [2.75, 3.05) is 15.9 Å². The van der Waals surface area contributed by atoms with Crippen molar-refractivity contribution in [1.82, 2.24) is 5.32 Å². The van der Waals surface area contributed by atoms with Gasteiger partial charge >= 0.3 is 0 Å². The largest absolute Gasteiger partial charge is 0.350 e. The Kier molecular flexibility index (Phi) is 8.24. The second kappa shape index (κ2) is 11.1. The van der Waals surface area contributed by atoms with Crippen LogP contribution >= 0.6 is 0 Å². The van der Waals surface area contributed by atoms with Crippen molar-refractivity contribution in [3.8, 4) is 0 Å². The van der Waals surface area contributed by atoms with Crippen LogP contribution in [0.2, 0.25) is 0 Å². The van der Waals surface area contributed by atoms with Crippen LogP contribution in [0.4, 0.5) is 15.8 Å². The van der Waals surface area contributed by atoms with Crippen LogP contribution in [0.15, 0.2) is 72.8 Å². The van der Waals surface area contributed by atoms with Crippen LogP contribution in [0.5, 0.6) is 0 Å². The lowest BCUT2D eigenvalue weighted by molar-refractivity contribution is 0.0940. The highest BCUT2D eigenvalue weighted by Gasteiger charge is 2.19. The Hall–Kier alpha value is -3.72. The molecule has 35 heavy (non-hydrogen) atoms. The van der Waals surface area contributed by atoms with E-state index in [1.165, 1.54) is 52.8 Å². The molecule has 0 aliphatic rings. The molecule has 7 nitrogen and oxygen atoms in total. The standard InChI is InChI=1S/C26H28FN3O4S/c1-4-18(2)28-26(32)23-7-5-6-8-24(23)29-25(31)20-11-15-22(16-12-20)30(35(3,33)34)17-19-9-13-21(27)14-10-19/h5-16,18H,4,17H2,1-3H3,(H,28,32)(H,29,31)/t18-/m0/s1. The minimum absolute atomic E-state index is 0.00787. The van der Waals surface area contributed by atoms with Gasteiger partial charge in [0, 0.05) is 11.6 Å². The summed E-state index contributed by atoms with van der Waals surface area (Å²) in [5.74, 6) is -1.13. The molecule has 3 aromatic carbocycles. The second-order valence-electron chi connectivity index (χ2n) is 8.23. The molecule has 0 unspecified atom stereocenters. The Morgan fingerprint density at radius 1 is 0.943 bits per heavy atom. The normalized spacial score (nSPS) is 12.0. The number of hydrogen-bond acceptors (Lipinski definition) is 4. The van der Waals surface area contributed by atoms with Crippen LogP contribution in [0, 0.1) is 5.82 Å². The Bertz CT molecular complexity index is 1290. The average Bonchev–Trinajstić information content (AvgIpc) is 2.83. The molecule has 0 bridgehead atoms. The van der Waals surface area contributed by atoms with Crippen LogP contribution < -0.4 is 14.9 Å². The van der Waals surface area contributed by atoms with Crippen molar-refractivity contribution in [2.45, 2.75) is 32.9 Å². The van der Waals surface area contributed by atoms with Gasteiger partial charge in [-0.15, -0.1) is 0 Å². The fourth-order valence-corrected chi connectivity index (χ4v) is 4.21. The maximum Gasteiger partial charge on any atom is 0.255 e. The molecular formula is C26H28FN3O4S. The number of hydrogen-bond donors (Lipinski definition) is 2. The van der Waals surface area contributed by atoms with E-state index in [1.807, 2.05) is 13.8 Å². The number of rotatable bonds is 9. The van der Waals surface area contributed by atoms with Gasteiger partial charge in [0.2, 0.25) is 10.0 Å². The highest BCUT2D eigenvalue weighted by Crippen LogP contribution is 2.23. The third kappa shape index (κ3) is 6.89. The number of nitrogens with zero attached hydrogens (tertiary/aromatic N) is 1. The lowest BCUT2D eigenvalue weighted by atomic mass is 10.1. The van der Waals surface area contributed by atoms with Crippen molar-refractivity contribution in [3.05, 3.63) is 95.3 Å². The number of para-hydroxylation sites is 1. The topological polar surface area (TPSA) is 95.6 Å². The predicted octanol–water partition coefficient (Wildman–Crippen LogP) is 4.57. The molecule has 0 fully saturated rings. The van der Waals surface area contributed by atoms with E-state index in [9.17, 15) is 22.4 Å². The van der Waals surface area contributed by atoms with Gasteiger partial charge in [0.15, 0.2) is 0 Å². The molecule has 3 aromatic rings. The maximum atomic E-state index is 13.2. The van der Waals surface area contributed by atoms with Crippen LogP contribution in [0.1, 0.15) is 46.5 Å². The summed E-state index contributed by atoms with van der Waals surface area (Å²) < 4.78 is 39.2. The van der Waals surface area contributed by atoms with Crippen molar-refractivity contribution in [1.29, 1.82) is 0 Å². The molecule has 1 atom stereocenters. The third-order valence-electron chi connectivity index (χ3n) is 5.47. The highest BCUT2D eigenvalue weighted by molar-refractivity contribution is 7.92. The number of anilines is 2. The Labute approximate surface area is 205 Å². The smallest absolute Gasteiger partial charge is 0.255 e. The minimum atomic E-state index is -3.64. The van der Waals surface area contributed by atoms with Crippen LogP contribution in [-0.4, -0.2) is 32.5 Å². The third-order valence-corrected chi connectivity index (χ3v) is 6.61. The van der Waals surface area contributed by atoms with Gasteiger partial charge in [0.05, 0.1) is 29.7 Å². The SMILES string of the molecule is CC[C@H](C)NC(=O)c1ccccc1NC(=O)c1ccc(N(Cc2ccc(F)cc2)S(C)(=O)=O)cc1. The lowest BCUT2D eigenvalue weighted by Gasteiger charge is -2.23. The molecule has 9 heteroatoms. The van der Waals surface area contributed by atoms with E-state index in [1.54, 1.807) is 24.3 Å². The molecule has 0 aliphatic heterocycles. The summed E-state index contributed by atoms with van der Waals surface area (Å²) in [4.78, 5) is 25.4. The number of sulfonamides is 1. The van der Waals surface area contributed by atoms with Gasteiger partial charge in [-0.3, -0.25) is 13.9 Å². The van der Waals surface area contributed by atoms with Gasteiger partial charge in [-0.25, -0.2) is 12.8 Å². The first-order valence-electron chi connectivity index (χ1n) is 11.1. The van der Waals surface area contributed by atoms with Gasteiger partial charge in [-0.1, -0.05) is 31.2 Å². The summed E-state index contributed by atoms with van der Waals surface area (Å²) in [6.45, 7) is 3.88. The zero-order valence-corrected chi connectivity index (χ0v) is 20.6.